The van der Waals surface area contributed by atoms with Crippen LogP contribution in [0.4, 0.5) is 5.13 Å². The Labute approximate surface area is 187 Å². The molecular formula is C23H18N4O2S2. The molecule has 0 aliphatic heterocycles. The number of carbonyl (C=O) groups excluding carboxylic acids is 1. The smallest absolute Gasteiger partial charge is 0.239 e. The van der Waals surface area contributed by atoms with Gasteiger partial charge in [0.1, 0.15) is 16.8 Å². The minimum absolute atomic E-state index is 0.202. The van der Waals surface area contributed by atoms with Gasteiger partial charge in [-0.3, -0.25) is 4.79 Å². The molecule has 4 aromatic rings. The van der Waals surface area contributed by atoms with Gasteiger partial charge >= 0.3 is 0 Å². The molecule has 0 radical (unpaired) electrons. The SMILES string of the molecule is COc1ccc2nc(NC(=O)C(C)Sc3nc(-c4ccccc4)ccc3C#N)sc2c1. The zero-order valence-electron chi connectivity index (χ0n) is 16.8. The summed E-state index contributed by atoms with van der Waals surface area (Å²) >= 11 is 2.64. The molecule has 6 nitrogen and oxygen atoms in total. The lowest BCUT2D eigenvalue weighted by Crippen LogP contribution is -2.22. The van der Waals surface area contributed by atoms with Gasteiger partial charge in [-0.05, 0) is 37.3 Å². The number of nitrogens with one attached hydrogen (secondary N) is 1. The van der Waals surface area contributed by atoms with Crippen LogP contribution in [0, 0.1) is 11.3 Å². The van der Waals surface area contributed by atoms with Crippen LogP contribution in [-0.2, 0) is 4.79 Å². The largest absolute Gasteiger partial charge is 0.497 e. The Balaban J connectivity index is 1.51. The molecule has 0 aliphatic rings. The first-order chi connectivity index (χ1) is 15.1. The van der Waals surface area contributed by atoms with E-state index in [1.165, 1.54) is 23.1 Å². The molecule has 0 fully saturated rings. The molecule has 1 amide bonds. The van der Waals surface area contributed by atoms with E-state index < -0.39 is 5.25 Å². The molecule has 2 aromatic heterocycles. The Morgan fingerprint density at radius 2 is 1.97 bits per heavy atom. The maximum atomic E-state index is 12.8. The van der Waals surface area contributed by atoms with Crippen LogP contribution in [0.15, 0.2) is 65.7 Å². The number of aromatic nitrogens is 2. The Kier molecular flexibility index (Phi) is 6.16. The van der Waals surface area contributed by atoms with Gasteiger partial charge in [-0.1, -0.05) is 53.4 Å². The lowest BCUT2D eigenvalue weighted by Gasteiger charge is -2.12. The van der Waals surface area contributed by atoms with Crippen molar-refractivity contribution in [1.82, 2.24) is 9.97 Å². The Hall–Kier alpha value is -3.41. The minimum Gasteiger partial charge on any atom is -0.497 e. The number of hydrogen-bond acceptors (Lipinski definition) is 7. The highest BCUT2D eigenvalue weighted by atomic mass is 32.2. The fourth-order valence-electron chi connectivity index (χ4n) is 2.90. The lowest BCUT2D eigenvalue weighted by atomic mass is 10.1. The first-order valence-electron chi connectivity index (χ1n) is 9.46. The van der Waals surface area contributed by atoms with E-state index >= 15 is 0 Å². The van der Waals surface area contributed by atoms with E-state index in [0.717, 1.165) is 27.2 Å². The molecule has 0 spiro atoms. The van der Waals surface area contributed by atoms with Crippen LogP contribution >= 0.6 is 23.1 Å². The van der Waals surface area contributed by atoms with Crippen LogP contribution in [0.25, 0.3) is 21.5 Å². The second kappa shape index (κ2) is 9.16. The molecule has 1 N–H and O–H groups in total. The third-order valence-corrected chi connectivity index (χ3v) is 6.57. The van der Waals surface area contributed by atoms with Crippen molar-refractivity contribution < 1.29 is 9.53 Å². The summed E-state index contributed by atoms with van der Waals surface area (Å²) in [6, 6.07) is 21.0. The molecule has 8 heteroatoms. The van der Waals surface area contributed by atoms with Gasteiger partial charge in [-0.25, -0.2) is 9.97 Å². The molecule has 2 aromatic carbocycles. The predicted molar refractivity (Wildman–Crippen MR) is 125 cm³/mol. The van der Waals surface area contributed by atoms with E-state index in [2.05, 4.69) is 21.4 Å². The van der Waals surface area contributed by atoms with Crippen LogP contribution in [0.2, 0.25) is 0 Å². The fourth-order valence-corrected chi connectivity index (χ4v) is 4.69. The number of anilines is 1. The van der Waals surface area contributed by atoms with Gasteiger partial charge in [0.25, 0.3) is 0 Å². The van der Waals surface area contributed by atoms with E-state index in [1.54, 1.807) is 20.1 Å². The van der Waals surface area contributed by atoms with E-state index in [-0.39, 0.29) is 5.91 Å². The van der Waals surface area contributed by atoms with Crippen molar-refractivity contribution in [3.63, 3.8) is 0 Å². The third-order valence-electron chi connectivity index (χ3n) is 4.53. The average molecular weight is 447 g/mol. The summed E-state index contributed by atoms with van der Waals surface area (Å²) in [6.45, 7) is 1.79. The number of ether oxygens (including phenoxy) is 1. The molecule has 154 valence electrons. The standard InChI is InChI=1S/C23H18N4O2S2/c1-14(21(28)27-23-26-19-11-9-17(29-2)12-20(19)31-23)30-22-16(13-24)8-10-18(25-22)15-6-4-3-5-7-15/h3-12,14H,1-2H3,(H,26,27,28). The van der Waals surface area contributed by atoms with Crippen molar-refractivity contribution >= 4 is 44.4 Å². The Morgan fingerprint density at radius 1 is 1.16 bits per heavy atom. The molecule has 0 saturated carbocycles. The zero-order chi connectivity index (χ0) is 21.8. The highest BCUT2D eigenvalue weighted by Crippen LogP contribution is 2.31. The van der Waals surface area contributed by atoms with Crippen LogP contribution in [0.1, 0.15) is 12.5 Å². The highest BCUT2D eigenvalue weighted by molar-refractivity contribution is 8.00. The van der Waals surface area contributed by atoms with Crippen molar-refractivity contribution in [3.05, 3.63) is 66.2 Å². The van der Waals surface area contributed by atoms with Crippen molar-refractivity contribution in [3.8, 4) is 23.1 Å². The number of rotatable bonds is 6. The molecule has 31 heavy (non-hydrogen) atoms. The number of nitriles is 1. The van der Waals surface area contributed by atoms with Gasteiger partial charge in [0.15, 0.2) is 5.13 Å². The van der Waals surface area contributed by atoms with E-state index in [0.29, 0.717) is 15.7 Å². The molecule has 0 aliphatic carbocycles. The van der Waals surface area contributed by atoms with Gasteiger partial charge in [-0.15, -0.1) is 0 Å². The summed E-state index contributed by atoms with van der Waals surface area (Å²) in [6.07, 6.45) is 0. The van der Waals surface area contributed by atoms with Crippen molar-refractivity contribution in [1.29, 1.82) is 5.26 Å². The number of carbonyl (C=O) groups is 1. The number of hydrogen-bond donors (Lipinski definition) is 1. The maximum absolute atomic E-state index is 12.8. The third kappa shape index (κ3) is 4.68. The number of thioether (sulfide) groups is 1. The number of methoxy groups -OCH3 is 1. The molecule has 4 rings (SSSR count). The summed E-state index contributed by atoms with van der Waals surface area (Å²) in [4.78, 5) is 21.9. The number of pyridine rings is 1. The molecule has 2 heterocycles. The van der Waals surface area contributed by atoms with E-state index in [4.69, 9.17) is 4.74 Å². The molecule has 1 atom stereocenters. The zero-order valence-corrected chi connectivity index (χ0v) is 18.5. The summed E-state index contributed by atoms with van der Waals surface area (Å²) in [5.74, 6) is 0.540. The van der Waals surface area contributed by atoms with Gasteiger partial charge in [0, 0.05) is 5.56 Å². The second-order valence-electron chi connectivity index (χ2n) is 6.63. The van der Waals surface area contributed by atoms with Gasteiger partial charge in [-0.2, -0.15) is 5.26 Å². The molecular weight excluding hydrogens is 428 g/mol. The monoisotopic (exact) mass is 446 g/mol. The van der Waals surface area contributed by atoms with Crippen molar-refractivity contribution in [2.75, 3.05) is 12.4 Å². The quantitative estimate of drug-likeness (QED) is 0.401. The molecule has 0 saturated heterocycles. The number of amides is 1. The first-order valence-corrected chi connectivity index (χ1v) is 11.2. The van der Waals surface area contributed by atoms with E-state index in [1.807, 2.05) is 54.6 Å². The van der Waals surface area contributed by atoms with E-state index in [9.17, 15) is 10.1 Å². The Morgan fingerprint density at radius 3 is 2.71 bits per heavy atom. The summed E-state index contributed by atoms with van der Waals surface area (Å²) in [5, 5.41) is 12.9. The van der Waals surface area contributed by atoms with Crippen LogP contribution in [0.3, 0.4) is 0 Å². The van der Waals surface area contributed by atoms with Gasteiger partial charge in [0.2, 0.25) is 5.91 Å². The van der Waals surface area contributed by atoms with Gasteiger partial charge in [0.05, 0.1) is 33.8 Å². The number of thiazole rings is 1. The average Bonchev–Trinajstić information content (AvgIpc) is 3.20. The number of benzene rings is 2. The first kappa shape index (κ1) is 20.8. The highest BCUT2D eigenvalue weighted by Gasteiger charge is 2.19. The Bertz CT molecular complexity index is 1280. The lowest BCUT2D eigenvalue weighted by molar-refractivity contribution is -0.115. The van der Waals surface area contributed by atoms with Crippen LogP contribution < -0.4 is 10.1 Å². The van der Waals surface area contributed by atoms with Crippen LogP contribution in [0.5, 0.6) is 5.75 Å². The van der Waals surface area contributed by atoms with Crippen LogP contribution in [-0.4, -0.2) is 28.2 Å². The van der Waals surface area contributed by atoms with Crippen molar-refractivity contribution in [2.24, 2.45) is 0 Å². The molecule has 0 bridgehead atoms. The minimum atomic E-state index is -0.466. The summed E-state index contributed by atoms with van der Waals surface area (Å²) < 4.78 is 6.17. The topological polar surface area (TPSA) is 87.9 Å². The molecule has 1 unspecified atom stereocenters. The second-order valence-corrected chi connectivity index (χ2v) is 8.99. The number of nitrogens with zero attached hydrogens (tertiary/aromatic N) is 3. The fraction of sp³-hybridized carbons (Fsp3) is 0.130. The van der Waals surface area contributed by atoms with Gasteiger partial charge < -0.3 is 10.1 Å². The summed E-state index contributed by atoms with van der Waals surface area (Å²) in [5.41, 5.74) is 2.95. The van der Waals surface area contributed by atoms with Crippen molar-refractivity contribution in [2.45, 2.75) is 17.2 Å². The number of fused-ring (bicyclic) bond motifs is 1. The predicted octanol–water partition coefficient (Wildman–Crippen LogP) is 5.36. The maximum Gasteiger partial charge on any atom is 0.239 e. The summed E-state index contributed by atoms with van der Waals surface area (Å²) in [7, 11) is 1.61. The normalized spacial score (nSPS) is 11.6.